The minimum absolute atomic E-state index is 0.0230. The SMILES string of the molecule is CC1CCN(c2cnn(CCCCCO)c(=O)c2)CC1. The van der Waals surface area contributed by atoms with Crippen molar-refractivity contribution in [3.63, 3.8) is 0 Å². The number of aromatic nitrogens is 2. The van der Waals surface area contributed by atoms with Crippen LogP contribution >= 0.6 is 0 Å². The second kappa shape index (κ2) is 7.43. The molecule has 1 N–H and O–H groups in total. The van der Waals surface area contributed by atoms with Crippen molar-refractivity contribution in [1.29, 1.82) is 0 Å². The van der Waals surface area contributed by atoms with Crippen LogP contribution in [0.5, 0.6) is 0 Å². The molecule has 5 nitrogen and oxygen atoms in total. The van der Waals surface area contributed by atoms with E-state index in [0.717, 1.165) is 44.0 Å². The number of anilines is 1. The highest BCUT2D eigenvalue weighted by Crippen LogP contribution is 2.20. The van der Waals surface area contributed by atoms with Crippen molar-refractivity contribution in [3.8, 4) is 0 Å². The lowest BCUT2D eigenvalue weighted by Gasteiger charge is -2.31. The number of hydrogen-bond donors (Lipinski definition) is 1. The van der Waals surface area contributed by atoms with Gasteiger partial charge in [0.15, 0.2) is 0 Å². The van der Waals surface area contributed by atoms with Crippen molar-refractivity contribution in [3.05, 3.63) is 22.6 Å². The summed E-state index contributed by atoms with van der Waals surface area (Å²) in [5.41, 5.74) is 0.929. The molecule has 112 valence electrons. The zero-order valence-electron chi connectivity index (χ0n) is 12.3. The first-order valence-corrected chi connectivity index (χ1v) is 7.63. The average molecular weight is 279 g/mol. The maximum absolute atomic E-state index is 12.0. The van der Waals surface area contributed by atoms with Crippen LogP contribution in [0.2, 0.25) is 0 Å². The molecule has 2 rings (SSSR count). The average Bonchev–Trinajstić information content (AvgIpc) is 2.46. The summed E-state index contributed by atoms with van der Waals surface area (Å²) in [7, 11) is 0. The fourth-order valence-electron chi connectivity index (χ4n) is 2.58. The first-order valence-electron chi connectivity index (χ1n) is 7.63. The Morgan fingerprint density at radius 3 is 2.70 bits per heavy atom. The van der Waals surface area contributed by atoms with Crippen LogP contribution in [0.25, 0.3) is 0 Å². The van der Waals surface area contributed by atoms with Gasteiger partial charge in [-0.05, 0) is 38.0 Å². The molecule has 0 saturated carbocycles. The van der Waals surface area contributed by atoms with Gasteiger partial charge in [-0.1, -0.05) is 6.92 Å². The monoisotopic (exact) mass is 279 g/mol. The van der Waals surface area contributed by atoms with Gasteiger partial charge < -0.3 is 10.0 Å². The topological polar surface area (TPSA) is 58.4 Å². The van der Waals surface area contributed by atoms with Crippen LogP contribution in [0.15, 0.2) is 17.1 Å². The molecule has 1 aliphatic heterocycles. The third-order valence-corrected chi connectivity index (χ3v) is 4.03. The van der Waals surface area contributed by atoms with E-state index in [1.165, 1.54) is 17.5 Å². The molecule has 0 unspecified atom stereocenters. The fraction of sp³-hybridized carbons (Fsp3) is 0.733. The molecule has 0 aromatic carbocycles. The van der Waals surface area contributed by atoms with Gasteiger partial charge in [0, 0.05) is 32.3 Å². The number of nitrogens with zero attached hydrogens (tertiary/aromatic N) is 3. The van der Waals surface area contributed by atoms with Crippen molar-refractivity contribution in [1.82, 2.24) is 9.78 Å². The van der Waals surface area contributed by atoms with Gasteiger partial charge in [-0.3, -0.25) is 4.79 Å². The standard InChI is InChI=1S/C15H25N3O2/c1-13-5-8-17(9-6-13)14-11-15(20)18(16-12-14)7-3-2-4-10-19/h11-13,19H,2-10H2,1H3. The van der Waals surface area contributed by atoms with E-state index < -0.39 is 0 Å². The molecule has 0 spiro atoms. The maximum atomic E-state index is 12.0. The van der Waals surface area contributed by atoms with Gasteiger partial charge in [0.1, 0.15) is 0 Å². The molecule has 1 aromatic heterocycles. The Hall–Kier alpha value is -1.36. The second-order valence-corrected chi connectivity index (χ2v) is 5.73. The van der Waals surface area contributed by atoms with Crippen LogP contribution in [0.1, 0.15) is 39.0 Å². The van der Waals surface area contributed by atoms with E-state index in [4.69, 9.17) is 5.11 Å². The van der Waals surface area contributed by atoms with Gasteiger partial charge in [0.05, 0.1) is 11.9 Å². The number of aryl methyl sites for hydroxylation is 1. The number of hydrogen-bond acceptors (Lipinski definition) is 4. The lowest BCUT2D eigenvalue weighted by atomic mass is 9.99. The number of rotatable bonds is 6. The van der Waals surface area contributed by atoms with E-state index >= 15 is 0 Å². The maximum Gasteiger partial charge on any atom is 0.268 e. The van der Waals surface area contributed by atoms with Crippen LogP contribution in [0.4, 0.5) is 5.69 Å². The number of piperidine rings is 1. The molecule has 1 saturated heterocycles. The Bertz CT molecular complexity index is 464. The first kappa shape index (κ1) is 15.0. The predicted molar refractivity (Wildman–Crippen MR) is 80.0 cm³/mol. The first-order chi connectivity index (χ1) is 9.70. The molecule has 5 heteroatoms. The zero-order valence-corrected chi connectivity index (χ0v) is 12.3. The summed E-state index contributed by atoms with van der Waals surface area (Å²) in [5.74, 6) is 0.783. The molecule has 0 bridgehead atoms. The number of aliphatic hydroxyl groups excluding tert-OH is 1. The normalized spacial score (nSPS) is 16.6. The summed E-state index contributed by atoms with van der Waals surface area (Å²) in [6, 6.07) is 1.70. The molecular weight excluding hydrogens is 254 g/mol. The molecule has 20 heavy (non-hydrogen) atoms. The highest BCUT2D eigenvalue weighted by atomic mass is 16.2. The third-order valence-electron chi connectivity index (χ3n) is 4.03. The van der Waals surface area contributed by atoms with Crippen molar-refractivity contribution in [2.24, 2.45) is 5.92 Å². The molecule has 0 amide bonds. The summed E-state index contributed by atoms with van der Waals surface area (Å²) in [6.07, 6.45) is 6.78. The van der Waals surface area contributed by atoms with Crippen LogP contribution in [0.3, 0.4) is 0 Å². The van der Waals surface area contributed by atoms with Crippen LogP contribution in [0, 0.1) is 5.92 Å². The van der Waals surface area contributed by atoms with Gasteiger partial charge >= 0.3 is 0 Å². The van der Waals surface area contributed by atoms with E-state index in [-0.39, 0.29) is 12.2 Å². The molecule has 1 aromatic rings. The lowest BCUT2D eigenvalue weighted by molar-refractivity contribution is 0.281. The Labute approximate surface area is 120 Å². The summed E-state index contributed by atoms with van der Waals surface area (Å²) in [4.78, 5) is 14.3. The highest BCUT2D eigenvalue weighted by molar-refractivity contribution is 5.43. The molecule has 1 fully saturated rings. The van der Waals surface area contributed by atoms with Gasteiger partial charge in [-0.25, -0.2) is 4.68 Å². The summed E-state index contributed by atoms with van der Waals surface area (Å²) in [5, 5.41) is 13.0. The molecule has 0 aliphatic carbocycles. The van der Waals surface area contributed by atoms with Gasteiger partial charge in [-0.2, -0.15) is 5.10 Å². The van der Waals surface area contributed by atoms with Crippen LogP contribution in [-0.4, -0.2) is 34.6 Å². The van der Waals surface area contributed by atoms with Gasteiger partial charge in [0.25, 0.3) is 5.56 Å². The molecule has 1 aliphatic rings. The van der Waals surface area contributed by atoms with E-state index in [2.05, 4.69) is 16.9 Å². The van der Waals surface area contributed by atoms with E-state index in [1.807, 2.05) is 6.20 Å². The minimum atomic E-state index is -0.0230. The summed E-state index contributed by atoms with van der Waals surface area (Å²) >= 11 is 0. The fourth-order valence-corrected chi connectivity index (χ4v) is 2.58. The van der Waals surface area contributed by atoms with E-state index in [0.29, 0.717) is 6.54 Å². The Kier molecular flexibility index (Phi) is 5.59. The summed E-state index contributed by atoms with van der Waals surface area (Å²) < 4.78 is 1.52. The Morgan fingerprint density at radius 1 is 1.30 bits per heavy atom. The summed E-state index contributed by atoms with van der Waals surface area (Å²) in [6.45, 7) is 5.16. The quantitative estimate of drug-likeness (QED) is 0.804. The highest BCUT2D eigenvalue weighted by Gasteiger charge is 2.16. The lowest BCUT2D eigenvalue weighted by Crippen LogP contribution is -2.34. The third kappa shape index (κ3) is 4.07. The number of aliphatic hydroxyl groups is 1. The Morgan fingerprint density at radius 2 is 2.05 bits per heavy atom. The van der Waals surface area contributed by atoms with Gasteiger partial charge in [0.2, 0.25) is 0 Å². The van der Waals surface area contributed by atoms with Crippen LogP contribution in [-0.2, 0) is 6.54 Å². The Balaban J connectivity index is 1.93. The predicted octanol–water partition coefficient (Wildman–Crippen LogP) is 1.64. The zero-order chi connectivity index (χ0) is 14.4. The molecule has 0 atom stereocenters. The molecule has 2 heterocycles. The van der Waals surface area contributed by atoms with Crippen molar-refractivity contribution in [2.45, 2.75) is 45.6 Å². The number of unbranched alkanes of at least 4 members (excludes halogenated alkanes) is 2. The van der Waals surface area contributed by atoms with Crippen molar-refractivity contribution < 1.29 is 5.11 Å². The molecule has 0 radical (unpaired) electrons. The second-order valence-electron chi connectivity index (χ2n) is 5.73. The van der Waals surface area contributed by atoms with E-state index in [9.17, 15) is 4.79 Å². The van der Waals surface area contributed by atoms with Crippen LogP contribution < -0.4 is 10.5 Å². The van der Waals surface area contributed by atoms with Crippen molar-refractivity contribution in [2.75, 3.05) is 24.6 Å². The van der Waals surface area contributed by atoms with Crippen molar-refractivity contribution >= 4 is 5.69 Å². The molecular formula is C15H25N3O2. The largest absolute Gasteiger partial charge is 0.396 e. The van der Waals surface area contributed by atoms with E-state index in [1.54, 1.807) is 6.07 Å². The smallest absolute Gasteiger partial charge is 0.268 e. The minimum Gasteiger partial charge on any atom is -0.396 e. The van der Waals surface area contributed by atoms with Gasteiger partial charge in [-0.15, -0.1) is 0 Å².